The maximum atomic E-state index is 12.8. The summed E-state index contributed by atoms with van der Waals surface area (Å²) in [5.41, 5.74) is 1.72. The van der Waals surface area contributed by atoms with Gasteiger partial charge in [0, 0.05) is 36.3 Å². The molecule has 0 spiro atoms. The lowest BCUT2D eigenvalue weighted by atomic mass is 10.1. The van der Waals surface area contributed by atoms with E-state index in [9.17, 15) is 22.8 Å². The minimum absolute atomic E-state index is 0.216. The van der Waals surface area contributed by atoms with Crippen molar-refractivity contribution in [2.24, 2.45) is 0 Å². The van der Waals surface area contributed by atoms with Crippen LogP contribution in [0.25, 0.3) is 5.82 Å². The first-order chi connectivity index (χ1) is 14.2. The number of amides is 1. The van der Waals surface area contributed by atoms with E-state index in [4.69, 9.17) is 0 Å². The van der Waals surface area contributed by atoms with Crippen molar-refractivity contribution in [3.05, 3.63) is 70.4 Å². The first kappa shape index (κ1) is 19.7. The number of hydrogen-bond donors (Lipinski definition) is 0. The van der Waals surface area contributed by atoms with Crippen molar-refractivity contribution in [2.45, 2.75) is 32.6 Å². The Morgan fingerprint density at radius 2 is 2.00 bits per heavy atom. The van der Waals surface area contributed by atoms with Crippen molar-refractivity contribution in [2.75, 3.05) is 0 Å². The topological polar surface area (TPSA) is 81.0 Å². The predicted octanol–water partition coefficient (Wildman–Crippen LogP) is 3.52. The molecule has 1 aliphatic heterocycles. The largest absolute Gasteiger partial charge is 0.419 e. The Kier molecular flexibility index (Phi) is 4.64. The van der Waals surface area contributed by atoms with Gasteiger partial charge >= 0.3 is 6.18 Å². The van der Waals surface area contributed by atoms with Crippen molar-refractivity contribution in [3.63, 3.8) is 0 Å². The Balaban J connectivity index is 1.61. The summed E-state index contributed by atoms with van der Waals surface area (Å²) in [4.78, 5) is 33.9. The zero-order valence-electron chi connectivity index (χ0n) is 16.0. The fourth-order valence-electron chi connectivity index (χ4n) is 3.51. The molecule has 0 fully saturated rings. The molecule has 0 aromatic carbocycles. The van der Waals surface area contributed by atoms with Crippen molar-refractivity contribution < 1.29 is 22.8 Å². The number of aromatic nitrogens is 4. The number of pyridine rings is 2. The van der Waals surface area contributed by atoms with Crippen LogP contribution in [-0.4, -0.2) is 36.8 Å². The molecule has 10 heteroatoms. The van der Waals surface area contributed by atoms with Gasteiger partial charge in [-0.3, -0.25) is 14.6 Å². The van der Waals surface area contributed by atoms with Crippen molar-refractivity contribution in [3.8, 4) is 5.82 Å². The highest BCUT2D eigenvalue weighted by Gasteiger charge is 2.34. The second-order valence-corrected chi connectivity index (χ2v) is 7.03. The average molecular weight is 415 g/mol. The van der Waals surface area contributed by atoms with E-state index < -0.39 is 11.7 Å². The SMILES string of the molecule is Cc1cc(C(C)N2Cc3c(ccnc3C=O)C2=O)cnc1-n1cc(C(F)(F)F)cn1. The zero-order chi connectivity index (χ0) is 21.6. The molecule has 3 aromatic heterocycles. The molecule has 0 radical (unpaired) electrons. The summed E-state index contributed by atoms with van der Waals surface area (Å²) < 4.78 is 39.6. The molecular weight excluding hydrogens is 399 g/mol. The molecule has 0 N–H and O–H groups in total. The van der Waals surface area contributed by atoms with Crippen LogP contribution in [0.3, 0.4) is 0 Å². The van der Waals surface area contributed by atoms with Crippen LogP contribution in [0.5, 0.6) is 0 Å². The highest BCUT2D eigenvalue weighted by atomic mass is 19.4. The summed E-state index contributed by atoms with van der Waals surface area (Å²) >= 11 is 0. The number of alkyl halides is 3. The van der Waals surface area contributed by atoms with Gasteiger partial charge in [0.15, 0.2) is 12.1 Å². The van der Waals surface area contributed by atoms with E-state index in [2.05, 4.69) is 15.1 Å². The quantitative estimate of drug-likeness (QED) is 0.609. The number of carbonyl (C=O) groups excluding carboxylic acids is 2. The molecule has 7 nitrogen and oxygen atoms in total. The molecule has 4 rings (SSSR count). The Morgan fingerprint density at radius 3 is 2.63 bits per heavy atom. The molecule has 0 saturated heterocycles. The standard InChI is InChI=1S/C20H16F3N5O2/c1-11-5-13(6-25-18(11)28-8-14(7-26-28)20(21,22)23)12(2)27-9-16-15(19(27)30)3-4-24-17(16)10-29/h3-8,10,12H,9H2,1-2H3. The number of aldehydes is 1. The number of nitrogens with zero attached hydrogens (tertiary/aromatic N) is 5. The van der Waals surface area contributed by atoms with Crippen LogP contribution < -0.4 is 0 Å². The molecule has 0 bridgehead atoms. The van der Waals surface area contributed by atoms with Gasteiger partial charge in [0.25, 0.3) is 5.91 Å². The highest BCUT2D eigenvalue weighted by Crippen LogP contribution is 2.33. The van der Waals surface area contributed by atoms with E-state index in [-0.39, 0.29) is 30.0 Å². The molecule has 0 saturated carbocycles. The first-order valence-electron chi connectivity index (χ1n) is 9.03. The molecule has 1 atom stereocenters. The molecule has 1 amide bonds. The fourth-order valence-corrected chi connectivity index (χ4v) is 3.51. The predicted molar refractivity (Wildman–Crippen MR) is 99.0 cm³/mol. The maximum absolute atomic E-state index is 12.8. The van der Waals surface area contributed by atoms with E-state index in [1.165, 1.54) is 12.4 Å². The minimum atomic E-state index is -4.49. The number of aryl methyl sites for hydroxylation is 1. The molecule has 154 valence electrons. The third kappa shape index (κ3) is 3.23. The van der Waals surface area contributed by atoms with Gasteiger partial charge in [-0.15, -0.1) is 0 Å². The van der Waals surface area contributed by atoms with Crippen LogP contribution in [-0.2, 0) is 12.7 Å². The summed E-state index contributed by atoms with van der Waals surface area (Å²) in [6.07, 6.45) is 0.704. The molecule has 4 heterocycles. The minimum Gasteiger partial charge on any atom is -0.327 e. The van der Waals surface area contributed by atoms with Crippen LogP contribution in [0.15, 0.2) is 36.9 Å². The van der Waals surface area contributed by atoms with E-state index in [1.54, 1.807) is 24.0 Å². The van der Waals surface area contributed by atoms with E-state index >= 15 is 0 Å². The van der Waals surface area contributed by atoms with E-state index in [1.807, 2.05) is 6.92 Å². The number of carbonyl (C=O) groups is 2. The lowest BCUT2D eigenvalue weighted by Crippen LogP contribution is -2.27. The lowest BCUT2D eigenvalue weighted by molar-refractivity contribution is -0.137. The van der Waals surface area contributed by atoms with Gasteiger partial charge in [0.05, 0.1) is 17.8 Å². The maximum Gasteiger partial charge on any atom is 0.419 e. The molecule has 1 aliphatic rings. The second kappa shape index (κ2) is 7.05. The highest BCUT2D eigenvalue weighted by molar-refractivity contribution is 6.00. The van der Waals surface area contributed by atoms with Crippen LogP contribution in [0, 0.1) is 6.92 Å². The zero-order valence-corrected chi connectivity index (χ0v) is 16.0. The number of halogens is 3. The molecule has 3 aromatic rings. The van der Waals surface area contributed by atoms with Gasteiger partial charge in [0.1, 0.15) is 5.69 Å². The van der Waals surface area contributed by atoms with Gasteiger partial charge in [0.2, 0.25) is 0 Å². The summed E-state index contributed by atoms with van der Waals surface area (Å²) in [5.74, 6) is 0.0524. The summed E-state index contributed by atoms with van der Waals surface area (Å²) in [6, 6.07) is 2.98. The van der Waals surface area contributed by atoms with Crippen LogP contribution in [0.2, 0.25) is 0 Å². The summed E-state index contributed by atoms with van der Waals surface area (Å²) in [5, 5.41) is 3.75. The Bertz CT molecular complexity index is 1160. The second-order valence-electron chi connectivity index (χ2n) is 7.03. The first-order valence-corrected chi connectivity index (χ1v) is 9.03. The molecule has 1 unspecified atom stereocenters. The molecular formula is C20H16F3N5O2. The van der Waals surface area contributed by atoms with Gasteiger partial charge in [-0.25, -0.2) is 9.67 Å². The van der Waals surface area contributed by atoms with Crippen LogP contribution in [0.4, 0.5) is 13.2 Å². The van der Waals surface area contributed by atoms with Crippen molar-refractivity contribution >= 4 is 12.2 Å². The number of rotatable bonds is 4. The van der Waals surface area contributed by atoms with Gasteiger partial charge in [-0.05, 0) is 37.1 Å². The fraction of sp³-hybridized carbons (Fsp3) is 0.250. The number of fused-ring (bicyclic) bond motifs is 1. The monoisotopic (exact) mass is 415 g/mol. The van der Waals surface area contributed by atoms with Crippen molar-refractivity contribution in [1.82, 2.24) is 24.6 Å². The Hall–Kier alpha value is -3.56. The summed E-state index contributed by atoms with van der Waals surface area (Å²) in [7, 11) is 0. The molecule has 0 aliphatic carbocycles. The Labute approximate surface area is 169 Å². The van der Waals surface area contributed by atoms with Crippen molar-refractivity contribution in [1.29, 1.82) is 0 Å². The van der Waals surface area contributed by atoms with Crippen LogP contribution >= 0.6 is 0 Å². The smallest absolute Gasteiger partial charge is 0.327 e. The van der Waals surface area contributed by atoms with E-state index in [0.717, 1.165) is 17.1 Å². The van der Waals surface area contributed by atoms with Gasteiger partial charge in [-0.1, -0.05) is 0 Å². The molecule has 30 heavy (non-hydrogen) atoms. The van der Waals surface area contributed by atoms with Gasteiger partial charge in [-0.2, -0.15) is 18.3 Å². The van der Waals surface area contributed by atoms with E-state index in [0.29, 0.717) is 28.5 Å². The summed E-state index contributed by atoms with van der Waals surface area (Å²) in [6.45, 7) is 3.78. The lowest BCUT2D eigenvalue weighted by Gasteiger charge is -2.25. The Morgan fingerprint density at radius 1 is 1.23 bits per heavy atom. The van der Waals surface area contributed by atoms with Crippen LogP contribution in [0.1, 0.15) is 56.1 Å². The number of hydrogen-bond acceptors (Lipinski definition) is 5. The average Bonchev–Trinajstić information content (AvgIpc) is 3.33. The van der Waals surface area contributed by atoms with Gasteiger partial charge < -0.3 is 4.90 Å². The third-order valence-corrected chi connectivity index (χ3v) is 5.17. The third-order valence-electron chi connectivity index (χ3n) is 5.17. The normalized spacial score (nSPS) is 14.7.